The number of rotatable bonds is 7. The molecule has 0 spiro atoms. The van der Waals surface area contributed by atoms with Crippen LogP contribution in [-0.2, 0) is 17.9 Å². The minimum absolute atomic E-state index is 0.0267. The van der Waals surface area contributed by atoms with Crippen molar-refractivity contribution in [1.29, 1.82) is 0 Å². The van der Waals surface area contributed by atoms with Gasteiger partial charge in [-0.2, -0.15) is 4.98 Å². The molecule has 1 atom stereocenters. The first-order chi connectivity index (χ1) is 18.0. The number of fused-ring (bicyclic) bond motifs is 1. The second kappa shape index (κ2) is 9.10. The number of carbonyl (C=O) groups is 1. The first-order valence-electron chi connectivity index (χ1n) is 12.8. The van der Waals surface area contributed by atoms with Gasteiger partial charge in [0.25, 0.3) is 0 Å². The van der Waals surface area contributed by atoms with Gasteiger partial charge >= 0.3 is 0 Å². The van der Waals surface area contributed by atoms with E-state index >= 15 is 0 Å². The maximum absolute atomic E-state index is 13.2. The topological polar surface area (TPSA) is 104 Å². The van der Waals surface area contributed by atoms with Crippen molar-refractivity contribution < 1.29 is 9.53 Å². The molecule has 190 valence electrons. The van der Waals surface area contributed by atoms with Gasteiger partial charge in [-0.15, -0.1) is 5.10 Å². The highest BCUT2D eigenvalue weighted by Crippen LogP contribution is 2.45. The molecule has 1 aliphatic carbocycles. The van der Waals surface area contributed by atoms with Gasteiger partial charge in [-0.3, -0.25) is 9.69 Å². The summed E-state index contributed by atoms with van der Waals surface area (Å²) in [5, 5.41) is 4.78. The summed E-state index contributed by atoms with van der Waals surface area (Å²) in [7, 11) is 1.59. The minimum atomic E-state index is -0.220. The number of aromatic nitrogens is 7. The van der Waals surface area contributed by atoms with Gasteiger partial charge in [0.05, 0.1) is 31.1 Å². The number of anilines is 1. The molecule has 0 N–H and O–H groups in total. The largest absolute Gasteiger partial charge is 0.480 e. The van der Waals surface area contributed by atoms with Crippen LogP contribution >= 0.6 is 0 Å². The molecule has 10 nitrogen and oxygen atoms in total. The molecule has 0 radical (unpaired) electrons. The third-order valence-electron chi connectivity index (χ3n) is 7.17. The molecule has 0 saturated heterocycles. The van der Waals surface area contributed by atoms with Crippen LogP contribution in [0.5, 0.6) is 5.88 Å². The number of imidazole rings is 1. The van der Waals surface area contributed by atoms with E-state index in [-0.39, 0.29) is 11.9 Å². The van der Waals surface area contributed by atoms with Crippen LogP contribution in [0.1, 0.15) is 62.0 Å². The Balaban J connectivity index is 1.35. The molecule has 1 aliphatic heterocycles. The highest BCUT2D eigenvalue weighted by atomic mass is 16.5. The normalized spacial score (nSPS) is 16.1. The zero-order valence-electron chi connectivity index (χ0n) is 21.5. The van der Waals surface area contributed by atoms with Gasteiger partial charge in [-0.05, 0) is 39.2 Å². The molecule has 1 unspecified atom stereocenters. The van der Waals surface area contributed by atoms with E-state index in [1.54, 1.807) is 12.0 Å². The second-order valence-electron chi connectivity index (χ2n) is 9.68. The van der Waals surface area contributed by atoms with Gasteiger partial charge in [0.15, 0.2) is 5.82 Å². The first-order valence-corrected chi connectivity index (χ1v) is 12.8. The van der Waals surface area contributed by atoms with E-state index in [0.29, 0.717) is 36.5 Å². The summed E-state index contributed by atoms with van der Waals surface area (Å²) in [6, 6.07) is 8.04. The molecule has 4 aromatic rings. The van der Waals surface area contributed by atoms with Gasteiger partial charge in [-0.25, -0.2) is 19.6 Å². The third kappa shape index (κ3) is 4.06. The Bertz CT molecular complexity index is 1470. The van der Waals surface area contributed by atoms with Gasteiger partial charge in [-0.1, -0.05) is 24.3 Å². The molecule has 10 heteroatoms. The molecule has 3 aromatic heterocycles. The number of methoxy groups -OCH3 is 1. The van der Waals surface area contributed by atoms with Crippen LogP contribution in [0.2, 0.25) is 0 Å². The summed E-state index contributed by atoms with van der Waals surface area (Å²) in [5.41, 5.74) is 4.69. The molecule has 1 fully saturated rings. The van der Waals surface area contributed by atoms with Crippen molar-refractivity contribution >= 4 is 11.9 Å². The maximum atomic E-state index is 13.2. The number of hydrogen-bond donors (Lipinski definition) is 0. The smallest absolute Gasteiger partial charge is 0.231 e. The lowest BCUT2D eigenvalue weighted by Crippen LogP contribution is -2.39. The van der Waals surface area contributed by atoms with Crippen molar-refractivity contribution in [2.45, 2.75) is 65.1 Å². The van der Waals surface area contributed by atoms with Crippen LogP contribution in [0, 0.1) is 6.92 Å². The third-order valence-corrected chi connectivity index (χ3v) is 7.17. The standard InChI is InChI=1S/C27H30N8O2/c1-5-33-14-16(2)30-25(33)20-10-6-18(7-11-20)17(3)35-21(36)12-13-34-27(35)31-24(32-34)22-23(19-8-9-19)28-15-29-26(22)37-4/h6-7,10-11,14-15,17,19H,5,8-9,12-13H2,1-4H3. The number of aryl methyl sites for hydroxylation is 3. The monoisotopic (exact) mass is 498 g/mol. The van der Waals surface area contributed by atoms with Crippen LogP contribution in [-0.4, -0.2) is 47.3 Å². The zero-order valence-corrected chi connectivity index (χ0v) is 21.5. The SMILES string of the molecule is CCn1cc(C)nc1-c1ccc(C(C)N2C(=O)CCn3nc(-c4c(OC)ncnc4C4CC4)nc32)cc1. The van der Waals surface area contributed by atoms with Gasteiger partial charge in [0.1, 0.15) is 17.7 Å². The van der Waals surface area contributed by atoms with Crippen LogP contribution in [0.3, 0.4) is 0 Å². The Kier molecular flexibility index (Phi) is 5.73. The van der Waals surface area contributed by atoms with Crippen LogP contribution in [0.25, 0.3) is 22.8 Å². The van der Waals surface area contributed by atoms with E-state index in [1.807, 2.05) is 18.5 Å². The Morgan fingerprint density at radius 3 is 2.62 bits per heavy atom. The first kappa shape index (κ1) is 23.3. The lowest BCUT2D eigenvalue weighted by molar-refractivity contribution is -0.120. The Morgan fingerprint density at radius 2 is 1.92 bits per heavy atom. The number of carbonyl (C=O) groups excluding carboxylic acids is 1. The molecular weight excluding hydrogens is 468 g/mol. The lowest BCUT2D eigenvalue weighted by atomic mass is 10.0. The van der Waals surface area contributed by atoms with E-state index < -0.39 is 0 Å². The molecular formula is C27H30N8O2. The van der Waals surface area contributed by atoms with Gasteiger partial charge in [0, 0.05) is 30.6 Å². The minimum Gasteiger partial charge on any atom is -0.480 e. The zero-order chi connectivity index (χ0) is 25.7. The van der Waals surface area contributed by atoms with Crippen molar-refractivity contribution in [1.82, 2.24) is 34.3 Å². The number of hydrogen-bond acceptors (Lipinski definition) is 7. The van der Waals surface area contributed by atoms with Crippen molar-refractivity contribution in [2.75, 3.05) is 12.0 Å². The highest BCUT2D eigenvalue weighted by Gasteiger charge is 2.36. The summed E-state index contributed by atoms with van der Waals surface area (Å²) in [4.78, 5) is 33.3. The average molecular weight is 499 g/mol. The number of amides is 1. The van der Waals surface area contributed by atoms with E-state index in [1.165, 1.54) is 6.33 Å². The molecule has 37 heavy (non-hydrogen) atoms. The molecule has 1 amide bonds. The lowest BCUT2D eigenvalue weighted by Gasteiger charge is -2.31. The molecule has 1 aromatic carbocycles. The molecule has 1 saturated carbocycles. The molecule has 6 rings (SSSR count). The summed E-state index contributed by atoms with van der Waals surface area (Å²) >= 11 is 0. The van der Waals surface area contributed by atoms with Crippen molar-refractivity contribution in [3.63, 3.8) is 0 Å². The Labute approximate surface area is 215 Å². The second-order valence-corrected chi connectivity index (χ2v) is 9.68. The van der Waals surface area contributed by atoms with Gasteiger partial charge < -0.3 is 9.30 Å². The van der Waals surface area contributed by atoms with E-state index in [9.17, 15) is 4.79 Å². The maximum Gasteiger partial charge on any atom is 0.231 e. The number of nitrogens with zero attached hydrogens (tertiary/aromatic N) is 8. The predicted octanol–water partition coefficient (Wildman–Crippen LogP) is 4.31. The number of ether oxygens (including phenoxy) is 1. The van der Waals surface area contributed by atoms with E-state index in [2.05, 4.69) is 56.9 Å². The predicted molar refractivity (Wildman–Crippen MR) is 138 cm³/mol. The number of benzene rings is 1. The Hall–Kier alpha value is -4.08. The summed E-state index contributed by atoms with van der Waals surface area (Å²) in [5.74, 6) is 2.84. The molecule has 0 bridgehead atoms. The van der Waals surface area contributed by atoms with Crippen LogP contribution in [0.15, 0.2) is 36.8 Å². The fraction of sp³-hybridized carbons (Fsp3) is 0.407. The molecule has 4 heterocycles. The van der Waals surface area contributed by atoms with Crippen molar-refractivity contribution in [2.24, 2.45) is 0 Å². The fourth-order valence-corrected chi connectivity index (χ4v) is 5.08. The quantitative estimate of drug-likeness (QED) is 0.374. The van der Waals surface area contributed by atoms with Crippen molar-refractivity contribution in [3.8, 4) is 28.7 Å². The van der Waals surface area contributed by atoms with E-state index in [4.69, 9.17) is 14.8 Å². The summed E-state index contributed by atoms with van der Waals surface area (Å²) < 4.78 is 9.51. The fourth-order valence-electron chi connectivity index (χ4n) is 5.08. The van der Waals surface area contributed by atoms with Crippen LogP contribution in [0.4, 0.5) is 5.95 Å². The average Bonchev–Trinajstić information content (AvgIpc) is 3.57. The summed E-state index contributed by atoms with van der Waals surface area (Å²) in [6.07, 6.45) is 6.11. The van der Waals surface area contributed by atoms with E-state index in [0.717, 1.165) is 53.3 Å². The van der Waals surface area contributed by atoms with Crippen LogP contribution < -0.4 is 9.64 Å². The molecule has 2 aliphatic rings. The highest BCUT2D eigenvalue weighted by molar-refractivity contribution is 5.94. The Morgan fingerprint density at radius 1 is 1.14 bits per heavy atom. The van der Waals surface area contributed by atoms with Gasteiger partial charge in [0.2, 0.25) is 17.7 Å². The summed E-state index contributed by atoms with van der Waals surface area (Å²) in [6.45, 7) is 7.47. The van der Waals surface area contributed by atoms with Crippen molar-refractivity contribution in [3.05, 3.63) is 53.7 Å².